The van der Waals surface area contributed by atoms with Crippen molar-refractivity contribution in [3.8, 4) is 5.75 Å². The third-order valence-electron chi connectivity index (χ3n) is 4.03. The SMILES string of the molecule is COc1ccc(S(=O)(=O)N(Cc2cccnc2)[C@@H](C(=O)ON)C(C)C)cc1. The Labute approximate surface area is 158 Å². The number of hydrogen-bond acceptors (Lipinski definition) is 7. The van der Waals surface area contributed by atoms with Crippen LogP contribution in [0, 0.1) is 5.92 Å². The number of carbonyl (C=O) groups excluding carboxylic acids is 1. The summed E-state index contributed by atoms with van der Waals surface area (Å²) in [5, 5.41) is 0. The van der Waals surface area contributed by atoms with Crippen molar-refractivity contribution in [3.05, 3.63) is 54.4 Å². The van der Waals surface area contributed by atoms with Gasteiger partial charge < -0.3 is 9.57 Å². The fourth-order valence-electron chi connectivity index (χ4n) is 2.68. The number of methoxy groups -OCH3 is 1. The summed E-state index contributed by atoms with van der Waals surface area (Å²) in [7, 11) is -2.54. The Morgan fingerprint density at radius 3 is 2.37 bits per heavy atom. The van der Waals surface area contributed by atoms with Crippen LogP contribution in [0.25, 0.3) is 0 Å². The first kappa shape index (κ1) is 20.8. The molecule has 1 atom stereocenters. The van der Waals surface area contributed by atoms with Crippen molar-refractivity contribution >= 4 is 16.0 Å². The minimum absolute atomic E-state index is 0.0302. The first-order valence-corrected chi connectivity index (χ1v) is 9.70. The molecule has 1 heterocycles. The summed E-state index contributed by atoms with van der Waals surface area (Å²) in [6.45, 7) is 3.39. The molecule has 1 aromatic carbocycles. The lowest BCUT2D eigenvalue weighted by molar-refractivity contribution is -0.150. The van der Waals surface area contributed by atoms with Crippen LogP contribution in [0.5, 0.6) is 5.75 Å². The van der Waals surface area contributed by atoms with E-state index in [0.29, 0.717) is 11.3 Å². The lowest BCUT2D eigenvalue weighted by Crippen LogP contribution is -2.48. The highest BCUT2D eigenvalue weighted by Gasteiger charge is 2.39. The maximum absolute atomic E-state index is 13.3. The Morgan fingerprint density at radius 1 is 1.22 bits per heavy atom. The molecule has 27 heavy (non-hydrogen) atoms. The normalized spacial score (nSPS) is 12.8. The van der Waals surface area contributed by atoms with Crippen LogP contribution in [-0.2, 0) is 26.2 Å². The van der Waals surface area contributed by atoms with Gasteiger partial charge in [0.25, 0.3) is 0 Å². The van der Waals surface area contributed by atoms with E-state index in [-0.39, 0.29) is 17.4 Å². The van der Waals surface area contributed by atoms with E-state index in [1.807, 2.05) is 0 Å². The Balaban J connectivity index is 2.53. The molecule has 0 spiro atoms. The van der Waals surface area contributed by atoms with Gasteiger partial charge in [-0.1, -0.05) is 19.9 Å². The van der Waals surface area contributed by atoms with Gasteiger partial charge in [0.05, 0.1) is 12.0 Å². The second-order valence-corrected chi connectivity index (χ2v) is 8.10. The maximum Gasteiger partial charge on any atom is 0.343 e. The van der Waals surface area contributed by atoms with Crippen LogP contribution in [-0.4, -0.2) is 36.8 Å². The molecule has 0 unspecified atom stereocenters. The molecule has 0 aliphatic carbocycles. The number of carbonyl (C=O) groups is 1. The molecule has 2 N–H and O–H groups in total. The number of nitrogens with zero attached hydrogens (tertiary/aromatic N) is 2. The fraction of sp³-hybridized carbons (Fsp3) is 0.333. The van der Waals surface area contributed by atoms with Crippen LogP contribution < -0.4 is 10.6 Å². The van der Waals surface area contributed by atoms with Crippen LogP contribution in [0.1, 0.15) is 19.4 Å². The monoisotopic (exact) mass is 393 g/mol. The molecule has 0 amide bonds. The number of aromatic nitrogens is 1. The average molecular weight is 393 g/mol. The summed E-state index contributed by atoms with van der Waals surface area (Å²) in [5.41, 5.74) is 0.630. The van der Waals surface area contributed by atoms with Gasteiger partial charge in [-0.2, -0.15) is 10.2 Å². The molecule has 0 fully saturated rings. The lowest BCUT2D eigenvalue weighted by Gasteiger charge is -2.31. The number of hydrogen-bond donors (Lipinski definition) is 1. The Hall–Kier alpha value is -2.49. The van der Waals surface area contributed by atoms with E-state index in [0.717, 1.165) is 4.31 Å². The van der Waals surface area contributed by atoms with Crippen LogP contribution in [0.15, 0.2) is 53.7 Å². The minimum atomic E-state index is -4.03. The molecule has 146 valence electrons. The first-order valence-electron chi connectivity index (χ1n) is 8.26. The zero-order valence-corrected chi connectivity index (χ0v) is 16.2. The molecule has 1 aromatic heterocycles. The maximum atomic E-state index is 13.3. The molecule has 8 nitrogen and oxygen atoms in total. The molecule has 2 aromatic rings. The lowest BCUT2D eigenvalue weighted by atomic mass is 10.0. The van der Waals surface area contributed by atoms with E-state index in [2.05, 4.69) is 9.82 Å². The van der Waals surface area contributed by atoms with Crippen molar-refractivity contribution in [2.24, 2.45) is 11.8 Å². The highest BCUT2D eigenvalue weighted by atomic mass is 32.2. The summed E-state index contributed by atoms with van der Waals surface area (Å²) < 4.78 is 32.8. The van der Waals surface area contributed by atoms with Gasteiger partial charge in [-0.25, -0.2) is 13.2 Å². The van der Waals surface area contributed by atoms with Gasteiger partial charge in [0.2, 0.25) is 10.0 Å². The Bertz CT molecular complexity index is 854. The molecule has 9 heteroatoms. The predicted octanol–water partition coefficient (Wildman–Crippen LogP) is 1.72. The molecule has 0 saturated carbocycles. The average Bonchev–Trinajstić information content (AvgIpc) is 2.67. The van der Waals surface area contributed by atoms with Crippen molar-refractivity contribution in [1.82, 2.24) is 9.29 Å². The van der Waals surface area contributed by atoms with Crippen LogP contribution >= 0.6 is 0 Å². The number of rotatable bonds is 8. The van der Waals surface area contributed by atoms with Crippen molar-refractivity contribution < 1.29 is 22.8 Å². The van der Waals surface area contributed by atoms with Gasteiger partial charge in [0.15, 0.2) is 0 Å². The Kier molecular flexibility index (Phi) is 6.89. The Morgan fingerprint density at radius 2 is 1.89 bits per heavy atom. The third kappa shape index (κ3) is 4.82. The quantitative estimate of drug-likeness (QED) is 0.680. The highest BCUT2D eigenvalue weighted by molar-refractivity contribution is 7.89. The summed E-state index contributed by atoms with van der Waals surface area (Å²) in [6, 6.07) is 8.27. The molecule has 0 aliphatic heterocycles. The fourth-order valence-corrected chi connectivity index (χ4v) is 4.38. The predicted molar refractivity (Wildman–Crippen MR) is 98.9 cm³/mol. The molecular formula is C18H23N3O5S. The van der Waals surface area contributed by atoms with Crippen LogP contribution in [0.4, 0.5) is 0 Å². The van der Waals surface area contributed by atoms with Crippen LogP contribution in [0.2, 0.25) is 0 Å². The van der Waals surface area contributed by atoms with E-state index in [1.54, 1.807) is 50.5 Å². The second kappa shape index (κ2) is 8.94. The second-order valence-electron chi connectivity index (χ2n) is 6.21. The van der Waals surface area contributed by atoms with Crippen molar-refractivity contribution in [2.75, 3.05) is 7.11 Å². The van der Waals surface area contributed by atoms with E-state index in [1.165, 1.54) is 19.2 Å². The van der Waals surface area contributed by atoms with Crippen molar-refractivity contribution in [2.45, 2.75) is 31.3 Å². The van der Waals surface area contributed by atoms with Crippen LogP contribution in [0.3, 0.4) is 0 Å². The minimum Gasteiger partial charge on any atom is -0.497 e. The number of benzene rings is 1. The summed E-state index contributed by atoms with van der Waals surface area (Å²) in [4.78, 5) is 20.7. The van der Waals surface area contributed by atoms with E-state index < -0.39 is 22.0 Å². The van der Waals surface area contributed by atoms with E-state index in [9.17, 15) is 13.2 Å². The standard InChI is InChI=1S/C18H23N3O5S/c1-13(2)17(18(22)26-19)21(12-14-5-4-10-20-11-14)27(23,24)16-8-6-15(25-3)7-9-16/h4-11,13,17H,12,19H2,1-3H3/t17-/m1/s1. The van der Waals surface area contributed by atoms with Gasteiger partial charge in [0.1, 0.15) is 11.8 Å². The molecule has 0 aliphatic rings. The summed E-state index contributed by atoms with van der Waals surface area (Å²) in [5.74, 6) is 4.39. The highest BCUT2D eigenvalue weighted by Crippen LogP contribution is 2.26. The molecule has 2 rings (SSSR count). The van der Waals surface area contributed by atoms with E-state index in [4.69, 9.17) is 10.6 Å². The van der Waals surface area contributed by atoms with Gasteiger partial charge in [-0.05, 0) is 41.8 Å². The number of sulfonamides is 1. The molecule has 0 radical (unpaired) electrons. The zero-order chi connectivity index (χ0) is 20.0. The number of nitrogens with two attached hydrogens (primary N) is 1. The van der Waals surface area contributed by atoms with Crippen molar-refractivity contribution in [1.29, 1.82) is 0 Å². The largest absolute Gasteiger partial charge is 0.497 e. The van der Waals surface area contributed by atoms with Gasteiger partial charge >= 0.3 is 5.97 Å². The third-order valence-corrected chi connectivity index (χ3v) is 5.87. The van der Waals surface area contributed by atoms with Crippen molar-refractivity contribution in [3.63, 3.8) is 0 Å². The molecular weight excluding hydrogens is 370 g/mol. The van der Waals surface area contributed by atoms with Gasteiger partial charge in [0, 0.05) is 18.9 Å². The summed E-state index contributed by atoms with van der Waals surface area (Å²) in [6.07, 6.45) is 3.13. The first-order chi connectivity index (χ1) is 12.8. The zero-order valence-electron chi connectivity index (χ0n) is 15.4. The molecule has 0 saturated heterocycles. The number of ether oxygens (including phenoxy) is 1. The summed E-state index contributed by atoms with van der Waals surface area (Å²) >= 11 is 0. The van der Waals surface area contributed by atoms with E-state index >= 15 is 0 Å². The van der Waals surface area contributed by atoms with Gasteiger partial charge in [-0.15, -0.1) is 0 Å². The number of pyridine rings is 1. The molecule has 0 bridgehead atoms. The topological polar surface area (TPSA) is 112 Å². The van der Waals surface area contributed by atoms with Gasteiger partial charge in [-0.3, -0.25) is 4.98 Å². The smallest absolute Gasteiger partial charge is 0.343 e.